The van der Waals surface area contributed by atoms with Crippen molar-refractivity contribution in [2.75, 3.05) is 13.7 Å². The van der Waals surface area contributed by atoms with Gasteiger partial charge in [-0.15, -0.1) is 0 Å². The van der Waals surface area contributed by atoms with Gasteiger partial charge in [-0.2, -0.15) is 0 Å². The third-order valence-electron chi connectivity index (χ3n) is 1.67. The number of aliphatic hydroxyl groups is 1. The predicted molar refractivity (Wildman–Crippen MR) is 48.8 cm³/mol. The molecule has 0 heterocycles. The van der Waals surface area contributed by atoms with E-state index in [9.17, 15) is 4.39 Å². The molecular weight excluding hydrogens is 195 g/mol. The molecule has 4 heteroatoms. The fraction of sp³-hybridized carbons (Fsp3) is 0.333. The molecule has 0 aliphatic rings. The summed E-state index contributed by atoms with van der Waals surface area (Å²) < 4.78 is 18.0. The summed E-state index contributed by atoms with van der Waals surface area (Å²) in [5, 5.41) is 9.01. The first kappa shape index (κ1) is 10.3. The molecule has 0 atom stereocenters. The van der Waals surface area contributed by atoms with Crippen LogP contribution >= 0.6 is 11.6 Å². The van der Waals surface area contributed by atoms with E-state index in [4.69, 9.17) is 21.4 Å². The number of aliphatic hydroxyl groups excluding tert-OH is 1. The Morgan fingerprint density at radius 2 is 2.23 bits per heavy atom. The van der Waals surface area contributed by atoms with Crippen LogP contribution in [0.5, 0.6) is 5.75 Å². The minimum Gasteiger partial charge on any atom is -0.493 e. The van der Waals surface area contributed by atoms with Gasteiger partial charge in [0.05, 0.1) is 7.11 Å². The number of hydrogen-bond acceptors (Lipinski definition) is 2. The van der Waals surface area contributed by atoms with Crippen LogP contribution in [0.25, 0.3) is 0 Å². The van der Waals surface area contributed by atoms with Gasteiger partial charge < -0.3 is 9.84 Å². The van der Waals surface area contributed by atoms with Crippen LogP contribution in [0.2, 0.25) is 5.02 Å². The van der Waals surface area contributed by atoms with Crippen LogP contribution in [0.15, 0.2) is 12.1 Å². The predicted octanol–water partition coefficient (Wildman–Crippen LogP) is 2.02. The Balaban J connectivity index is 3.13. The largest absolute Gasteiger partial charge is 0.493 e. The maximum Gasteiger partial charge on any atom is 0.166 e. The number of halogens is 2. The lowest BCUT2D eigenvalue weighted by molar-refractivity contribution is 0.295. The van der Waals surface area contributed by atoms with Crippen molar-refractivity contribution in [3.8, 4) is 5.75 Å². The highest BCUT2D eigenvalue weighted by Gasteiger charge is 2.09. The van der Waals surface area contributed by atoms with E-state index in [1.807, 2.05) is 0 Å². The second kappa shape index (κ2) is 4.44. The normalized spacial score (nSPS) is 10.2. The van der Waals surface area contributed by atoms with Crippen LogP contribution < -0.4 is 4.74 Å². The van der Waals surface area contributed by atoms with Gasteiger partial charge in [0.2, 0.25) is 0 Å². The lowest BCUT2D eigenvalue weighted by Crippen LogP contribution is -1.98. The maximum atomic E-state index is 13.1. The number of ether oxygens (including phenoxy) is 1. The van der Waals surface area contributed by atoms with Crippen molar-refractivity contribution in [1.29, 1.82) is 0 Å². The highest BCUT2D eigenvalue weighted by Crippen LogP contribution is 2.26. The van der Waals surface area contributed by atoms with E-state index in [-0.39, 0.29) is 12.4 Å². The van der Waals surface area contributed by atoms with Crippen LogP contribution in [-0.2, 0) is 6.42 Å². The van der Waals surface area contributed by atoms with Crippen molar-refractivity contribution in [1.82, 2.24) is 0 Å². The van der Waals surface area contributed by atoms with E-state index in [1.165, 1.54) is 13.2 Å². The van der Waals surface area contributed by atoms with Gasteiger partial charge in [-0.25, -0.2) is 4.39 Å². The lowest BCUT2D eigenvalue weighted by Gasteiger charge is -2.08. The van der Waals surface area contributed by atoms with Crippen LogP contribution in [0.1, 0.15) is 5.56 Å². The summed E-state index contributed by atoms with van der Waals surface area (Å²) in [6, 6.07) is 2.76. The second-order valence-electron chi connectivity index (χ2n) is 2.55. The molecular formula is C9H10ClFO2. The van der Waals surface area contributed by atoms with Crippen LogP contribution in [-0.4, -0.2) is 18.8 Å². The van der Waals surface area contributed by atoms with E-state index < -0.39 is 5.82 Å². The van der Waals surface area contributed by atoms with Crippen molar-refractivity contribution < 1.29 is 14.2 Å². The molecule has 2 nitrogen and oxygen atoms in total. The summed E-state index contributed by atoms with van der Waals surface area (Å²) in [6.45, 7) is -0.0594. The Bertz CT molecular complexity index is 302. The zero-order valence-electron chi connectivity index (χ0n) is 7.18. The number of rotatable bonds is 3. The highest BCUT2D eigenvalue weighted by atomic mass is 35.5. The summed E-state index contributed by atoms with van der Waals surface area (Å²) in [5.41, 5.74) is 0.579. The Morgan fingerprint density at radius 1 is 1.54 bits per heavy atom. The van der Waals surface area contributed by atoms with Gasteiger partial charge in [0.1, 0.15) is 0 Å². The van der Waals surface area contributed by atoms with Gasteiger partial charge in [0.15, 0.2) is 11.6 Å². The number of hydrogen-bond donors (Lipinski definition) is 1. The number of benzene rings is 1. The van der Waals surface area contributed by atoms with E-state index in [2.05, 4.69) is 0 Å². The van der Waals surface area contributed by atoms with Gasteiger partial charge >= 0.3 is 0 Å². The molecule has 0 unspecified atom stereocenters. The molecule has 72 valence electrons. The summed E-state index contributed by atoms with van der Waals surface area (Å²) in [5.74, 6) is -0.350. The molecule has 0 saturated carbocycles. The SMILES string of the molecule is COc1c(F)cc(Cl)cc1CCO. The molecule has 0 aliphatic heterocycles. The first-order chi connectivity index (χ1) is 6.19. The summed E-state index contributed by atoms with van der Waals surface area (Å²) in [4.78, 5) is 0. The van der Waals surface area contributed by atoms with E-state index in [0.717, 1.165) is 0 Å². The maximum absolute atomic E-state index is 13.1. The molecule has 1 aromatic carbocycles. The Morgan fingerprint density at radius 3 is 2.77 bits per heavy atom. The molecule has 13 heavy (non-hydrogen) atoms. The van der Waals surface area contributed by atoms with Gasteiger partial charge in [0, 0.05) is 17.2 Å². The highest BCUT2D eigenvalue weighted by molar-refractivity contribution is 6.30. The van der Waals surface area contributed by atoms with Gasteiger partial charge in [-0.3, -0.25) is 0 Å². The summed E-state index contributed by atoms with van der Waals surface area (Å²) >= 11 is 5.64. The minimum atomic E-state index is -0.501. The van der Waals surface area contributed by atoms with Crippen molar-refractivity contribution in [3.63, 3.8) is 0 Å². The van der Waals surface area contributed by atoms with Gasteiger partial charge in [-0.05, 0) is 18.6 Å². The van der Waals surface area contributed by atoms with Gasteiger partial charge in [0.25, 0.3) is 0 Å². The molecule has 0 radical (unpaired) electrons. The first-order valence-electron chi connectivity index (χ1n) is 3.81. The van der Waals surface area contributed by atoms with Crippen LogP contribution in [0.4, 0.5) is 4.39 Å². The Labute approximate surface area is 80.9 Å². The van der Waals surface area contributed by atoms with E-state index >= 15 is 0 Å². The zero-order chi connectivity index (χ0) is 9.84. The summed E-state index contributed by atoms with van der Waals surface area (Å²) in [6.07, 6.45) is 0.334. The molecule has 1 aromatic rings. The standard InChI is InChI=1S/C9H10ClFO2/c1-13-9-6(2-3-12)4-7(10)5-8(9)11/h4-5,12H,2-3H2,1H3. The van der Waals surface area contributed by atoms with Crippen molar-refractivity contribution >= 4 is 11.6 Å². The fourth-order valence-corrected chi connectivity index (χ4v) is 1.38. The van der Waals surface area contributed by atoms with E-state index in [1.54, 1.807) is 6.07 Å². The van der Waals surface area contributed by atoms with Gasteiger partial charge in [-0.1, -0.05) is 11.6 Å². The fourth-order valence-electron chi connectivity index (χ4n) is 1.15. The Kier molecular flexibility index (Phi) is 3.51. The van der Waals surface area contributed by atoms with Crippen LogP contribution in [0.3, 0.4) is 0 Å². The molecule has 1 N–H and O–H groups in total. The van der Waals surface area contributed by atoms with Crippen molar-refractivity contribution in [2.24, 2.45) is 0 Å². The molecule has 0 bridgehead atoms. The monoisotopic (exact) mass is 204 g/mol. The number of methoxy groups -OCH3 is 1. The third-order valence-corrected chi connectivity index (χ3v) is 1.89. The quantitative estimate of drug-likeness (QED) is 0.817. The smallest absolute Gasteiger partial charge is 0.166 e. The molecule has 0 aromatic heterocycles. The molecule has 0 saturated heterocycles. The zero-order valence-corrected chi connectivity index (χ0v) is 7.94. The molecule has 0 aliphatic carbocycles. The average Bonchev–Trinajstić information content (AvgIpc) is 2.04. The first-order valence-corrected chi connectivity index (χ1v) is 4.19. The van der Waals surface area contributed by atoms with E-state index in [0.29, 0.717) is 17.0 Å². The third kappa shape index (κ3) is 2.32. The average molecular weight is 205 g/mol. The molecule has 0 fully saturated rings. The lowest BCUT2D eigenvalue weighted by atomic mass is 10.1. The molecule has 0 spiro atoms. The Hall–Kier alpha value is -0.800. The second-order valence-corrected chi connectivity index (χ2v) is 2.99. The molecule has 0 amide bonds. The summed E-state index contributed by atoms with van der Waals surface area (Å²) in [7, 11) is 1.38. The molecule has 1 rings (SSSR count). The topological polar surface area (TPSA) is 29.5 Å². The van der Waals surface area contributed by atoms with Crippen molar-refractivity contribution in [3.05, 3.63) is 28.5 Å². The van der Waals surface area contributed by atoms with Crippen LogP contribution in [0, 0.1) is 5.82 Å². The minimum absolute atomic E-state index is 0.0594. The van der Waals surface area contributed by atoms with Crippen molar-refractivity contribution in [2.45, 2.75) is 6.42 Å².